The summed E-state index contributed by atoms with van der Waals surface area (Å²) in [7, 11) is -4.73. The molecule has 0 amide bonds. The van der Waals surface area contributed by atoms with E-state index < -0.39 is 20.2 Å². The van der Waals surface area contributed by atoms with Crippen LogP contribution in [0.5, 0.6) is 28.7 Å². The maximum absolute atomic E-state index is 12.4. The molecule has 0 atom stereocenters. The molecule has 0 heterocycles. The predicted octanol–water partition coefficient (Wildman–Crippen LogP) is 5.60. The summed E-state index contributed by atoms with van der Waals surface area (Å²) < 4.78 is 75.5. The van der Waals surface area contributed by atoms with Crippen LogP contribution >= 0.6 is 0 Å². The van der Waals surface area contributed by atoms with E-state index in [1.54, 1.807) is 30.3 Å². The fourth-order valence-corrected chi connectivity index (χ4v) is 5.24. The highest BCUT2D eigenvalue weighted by molar-refractivity contribution is 7.86. The average Bonchev–Trinajstić information content (AvgIpc) is 2.91. The molecule has 4 rings (SSSR count). The van der Waals surface area contributed by atoms with Gasteiger partial charge in [-0.3, -0.25) is 0 Å². The summed E-state index contributed by atoms with van der Waals surface area (Å²) in [6, 6.07) is 23.1. The first-order valence-electron chi connectivity index (χ1n) is 12.3. The number of aryl methyl sites for hydroxylation is 1. The molecule has 41 heavy (non-hydrogen) atoms. The summed E-state index contributed by atoms with van der Waals surface area (Å²) in [6.07, 6.45) is 1.91. The van der Waals surface area contributed by atoms with Gasteiger partial charge in [0.25, 0.3) is 0 Å². The number of hydrogen-bond donors (Lipinski definition) is 0. The molecule has 9 nitrogen and oxygen atoms in total. The molecule has 0 N–H and O–H groups in total. The van der Waals surface area contributed by atoms with Crippen molar-refractivity contribution in [2.75, 3.05) is 26.7 Å². The smallest absolute Gasteiger partial charge is 0.306 e. The van der Waals surface area contributed by atoms with Gasteiger partial charge in [-0.1, -0.05) is 48.5 Å². The molecule has 0 aliphatic rings. The highest BCUT2D eigenvalue weighted by Crippen LogP contribution is 2.48. The number of ether oxygens (including phenoxy) is 3. The van der Waals surface area contributed by atoms with Crippen molar-refractivity contribution in [3.05, 3.63) is 90.0 Å². The van der Waals surface area contributed by atoms with Crippen molar-refractivity contribution in [2.45, 2.75) is 13.5 Å². The van der Waals surface area contributed by atoms with Gasteiger partial charge in [0.05, 0.1) is 26.7 Å². The molecule has 4 aromatic rings. The van der Waals surface area contributed by atoms with E-state index in [1.165, 1.54) is 26.4 Å². The maximum atomic E-state index is 12.4. The molecule has 0 radical (unpaired) electrons. The quantitative estimate of drug-likeness (QED) is 0.204. The second kappa shape index (κ2) is 12.1. The van der Waals surface area contributed by atoms with E-state index in [9.17, 15) is 16.8 Å². The molecule has 0 aliphatic heterocycles. The van der Waals surface area contributed by atoms with E-state index in [1.807, 2.05) is 43.3 Å². The summed E-state index contributed by atoms with van der Waals surface area (Å²) in [6.45, 7) is 2.16. The Morgan fingerprint density at radius 3 is 1.88 bits per heavy atom. The molecule has 0 aromatic heterocycles. The lowest BCUT2D eigenvalue weighted by molar-refractivity contribution is 0.284. The van der Waals surface area contributed by atoms with Crippen LogP contribution in [0.2, 0.25) is 0 Å². The molecular weight excluding hydrogens is 568 g/mol. The Balaban J connectivity index is 1.81. The maximum Gasteiger partial charge on any atom is 0.306 e. The third kappa shape index (κ3) is 7.50. The minimum atomic E-state index is -3.97. The van der Waals surface area contributed by atoms with Gasteiger partial charge in [-0.15, -0.1) is 0 Å². The Hall–Kier alpha value is -4.22. The van der Waals surface area contributed by atoms with Crippen LogP contribution in [0.15, 0.2) is 78.9 Å². The zero-order valence-corrected chi connectivity index (χ0v) is 24.8. The largest absolute Gasteiger partial charge is 0.493 e. The number of rotatable bonds is 11. The first kappa shape index (κ1) is 29.8. The monoisotopic (exact) mass is 598 g/mol. The van der Waals surface area contributed by atoms with Crippen LogP contribution in [-0.2, 0) is 26.8 Å². The molecule has 4 aromatic carbocycles. The van der Waals surface area contributed by atoms with Gasteiger partial charge in [0.1, 0.15) is 12.4 Å². The average molecular weight is 599 g/mol. The SMILES string of the molecule is COc1cc(-c2c(C)cc(-c3ccc(OS(C)(=O)=O)cc3)c(OC)c2OS(C)(=O)=O)ccc1OCc1ccccc1. The van der Waals surface area contributed by atoms with Gasteiger partial charge in [-0.05, 0) is 59.5 Å². The normalized spacial score (nSPS) is 11.5. The van der Waals surface area contributed by atoms with Crippen molar-refractivity contribution >= 4 is 20.2 Å². The fraction of sp³-hybridized carbons (Fsp3) is 0.200. The van der Waals surface area contributed by atoms with Crippen molar-refractivity contribution in [1.82, 2.24) is 0 Å². The Morgan fingerprint density at radius 1 is 0.659 bits per heavy atom. The van der Waals surface area contributed by atoms with Crippen molar-refractivity contribution in [3.63, 3.8) is 0 Å². The van der Waals surface area contributed by atoms with Gasteiger partial charge in [0, 0.05) is 11.1 Å². The van der Waals surface area contributed by atoms with E-state index in [4.69, 9.17) is 22.6 Å². The molecule has 0 fully saturated rings. The van der Waals surface area contributed by atoms with Crippen LogP contribution < -0.4 is 22.6 Å². The van der Waals surface area contributed by atoms with Gasteiger partial charge in [0.2, 0.25) is 0 Å². The Morgan fingerprint density at radius 2 is 1.29 bits per heavy atom. The predicted molar refractivity (Wildman–Crippen MR) is 157 cm³/mol. The van der Waals surface area contributed by atoms with Crippen LogP contribution in [0, 0.1) is 6.92 Å². The molecule has 0 spiro atoms. The van der Waals surface area contributed by atoms with E-state index in [0.29, 0.717) is 45.9 Å². The molecule has 11 heteroatoms. The highest BCUT2D eigenvalue weighted by atomic mass is 32.2. The van der Waals surface area contributed by atoms with Gasteiger partial charge >= 0.3 is 20.2 Å². The third-order valence-corrected chi connectivity index (χ3v) is 6.94. The molecule has 0 bridgehead atoms. The molecule has 0 unspecified atom stereocenters. The lowest BCUT2D eigenvalue weighted by Crippen LogP contribution is -2.09. The van der Waals surface area contributed by atoms with Gasteiger partial charge in [-0.2, -0.15) is 16.8 Å². The summed E-state index contributed by atoms with van der Waals surface area (Å²) in [5, 5.41) is 0. The minimum Gasteiger partial charge on any atom is -0.493 e. The Kier molecular flexibility index (Phi) is 8.79. The van der Waals surface area contributed by atoms with E-state index in [2.05, 4.69) is 0 Å². The Labute approximate surface area is 240 Å². The molecule has 0 saturated carbocycles. The molecule has 216 valence electrons. The zero-order valence-electron chi connectivity index (χ0n) is 23.2. The minimum absolute atomic E-state index is 0.00136. The van der Waals surface area contributed by atoms with E-state index in [-0.39, 0.29) is 17.2 Å². The van der Waals surface area contributed by atoms with Crippen molar-refractivity contribution in [2.24, 2.45) is 0 Å². The van der Waals surface area contributed by atoms with Gasteiger partial charge in [0.15, 0.2) is 23.0 Å². The van der Waals surface area contributed by atoms with Crippen LogP contribution in [0.1, 0.15) is 11.1 Å². The number of benzene rings is 4. The summed E-state index contributed by atoms with van der Waals surface area (Å²) in [5.41, 5.74) is 3.95. The van der Waals surface area contributed by atoms with Crippen LogP contribution in [0.4, 0.5) is 0 Å². The van der Waals surface area contributed by atoms with Gasteiger partial charge < -0.3 is 22.6 Å². The van der Waals surface area contributed by atoms with Crippen molar-refractivity contribution < 1.29 is 39.4 Å². The first-order valence-corrected chi connectivity index (χ1v) is 16.0. The summed E-state index contributed by atoms with van der Waals surface area (Å²) in [4.78, 5) is 0. The second-order valence-electron chi connectivity index (χ2n) is 9.22. The second-order valence-corrected chi connectivity index (χ2v) is 12.4. The van der Waals surface area contributed by atoms with Gasteiger partial charge in [-0.25, -0.2) is 0 Å². The van der Waals surface area contributed by atoms with Crippen LogP contribution in [0.3, 0.4) is 0 Å². The standard InChI is InChI=1S/C30H30O9S2/c1-20-17-25(22-11-14-24(15-12-22)38-40(4,31)32)29(36-3)30(39-41(5,33)34)28(20)23-13-16-26(27(18-23)35-2)37-19-21-9-7-6-8-10-21/h6-18H,19H2,1-5H3. The first-order chi connectivity index (χ1) is 19.4. The van der Waals surface area contributed by atoms with E-state index >= 15 is 0 Å². The highest BCUT2D eigenvalue weighted by Gasteiger charge is 2.25. The summed E-state index contributed by atoms with van der Waals surface area (Å²) >= 11 is 0. The molecular formula is C30H30O9S2. The van der Waals surface area contributed by atoms with Crippen LogP contribution in [0.25, 0.3) is 22.3 Å². The van der Waals surface area contributed by atoms with E-state index in [0.717, 1.165) is 18.1 Å². The molecule has 0 saturated heterocycles. The van der Waals surface area contributed by atoms with Crippen molar-refractivity contribution in [1.29, 1.82) is 0 Å². The molecule has 0 aliphatic carbocycles. The lowest BCUT2D eigenvalue weighted by Gasteiger charge is -2.21. The third-order valence-electron chi connectivity index (χ3n) is 5.97. The lowest BCUT2D eigenvalue weighted by atomic mass is 9.93. The number of methoxy groups -OCH3 is 2. The topological polar surface area (TPSA) is 114 Å². The zero-order chi connectivity index (χ0) is 29.8. The summed E-state index contributed by atoms with van der Waals surface area (Å²) in [5.74, 6) is 1.28. The van der Waals surface area contributed by atoms with Crippen molar-refractivity contribution in [3.8, 4) is 51.0 Å². The number of hydrogen-bond acceptors (Lipinski definition) is 9. The fourth-order valence-electron chi connectivity index (χ4n) is 4.32. The Bertz CT molecular complexity index is 1750. The van der Waals surface area contributed by atoms with Crippen LogP contribution in [-0.4, -0.2) is 43.6 Å².